The molecule has 0 radical (unpaired) electrons. The van der Waals surface area contributed by atoms with Crippen LogP contribution in [0.3, 0.4) is 0 Å². The van der Waals surface area contributed by atoms with Crippen molar-refractivity contribution in [2.75, 3.05) is 13.6 Å². The molecule has 0 aliphatic carbocycles. The monoisotopic (exact) mass is 397 g/mol. The van der Waals surface area contributed by atoms with Gasteiger partial charge in [0.05, 0.1) is 17.8 Å². The van der Waals surface area contributed by atoms with E-state index in [1.807, 2.05) is 20.9 Å². The predicted octanol–water partition coefficient (Wildman–Crippen LogP) is 2.61. The van der Waals surface area contributed by atoms with Crippen molar-refractivity contribution in [3.63, 3.8) is 0 Å². The number of aryl methyl sites for hydroxylation is 2. The molecule has 1 saturated heterocycles. The van der Waals surface area contributed by atoms with E-state index >= 15 is 0 Å². The number of benzene rings is 1. The van der Waals surface area contributed by atoms with Crippen LogP contribution >= 0.6 is 0 Å². The van der Waals surface area contributed by atoms with Gasteiger partial charge in [-0.2, -0.15) is 5.10 Å². The molecule has 1 aromatic carbocycles. The van der Waals surface area contributed by atoms with Gasteiger partial charge in [0.25, 0.3) is 5.91 Å². The molecule has 2 aromatic heterocycles. The molecule has 0 spiro atoms. The number of nitrogens with one attached hydrogen (secondary N) is 2. The highest BCUT2D eigenvalue weighted by Crippen LogP contribution is 2.37. The molecule has 0 unspecified atom stereocenters. The fourth-order valence-electron chi connectivity index (χ4n) is 4.17. The third kappa shape index (κ3) is 3.18. The summed E-state index contributed by atoms with van der Waals surface area (Å²) in [6, 6.07) is 4.60. The number of hydrogen-bond donors (Lipinski definition) is 2. The van der Waals surface area contributed by atoms with Gasteiger partial charge in [0.1, 0.15) is 11.5 Å². The second-order valence-electron chi connectivity index (χ2n) is 7.77. The summed E-state index contributed by atoms with van der Waals surface area (Å²) < 4.78 is 15.8. The largest absolute Gasteiger partial charge is 0.350 e. The maximum Gasteiger partial charge on any atom is 0.267 e. The summed E-state index contributed by atoms with van der Waals surface area (Å²) in [4.78, 5) is 29.6. The van der Waals surface area contributed by atoms with Gasteiger partial charge in [-0.3, -0.25) is 14.3 Å². The van der Waals surface area contributed by atoms with Crippen molar-refractivity contribution in [3.8, 4) is 0 Å². The Kier molecular flexibility index (Phi) is 4.64. The van der Waals surface area contributed by atoms with Crippen LogP contribution in [0.5, 0.6) is 0 Å². The number of halogens is 1. The molecular weight excluding hydrogens is 373 g/mol. The number of carbonyl (C=O) groups excluding carboxylic acids is 2. The van der Waals surface area contributed by atoms with Crippen LogP contribution in [0.2, 0.25) is 0 Å². The number of nitrogens with zero attached hydrogens (tertiary/aromatic N) is 3. The van der Waals surface area contributed by atoms with E-state index < -0.39 is 0 Å². The number of aromatic nitrogens is 3. The summed E-state index contributed by atoms with van der Waals surface area (Å²) >= 11 is 0. The number of H-pyrrole nitrogens is 1. The first-order valence-electron chi connectivity index (χ1n) is 9.58. The Bertz CT molecular complexity index is 1080. The molecule has 29 heavy (non-hydrogen) atoms. The van der Waals surface area contributed by atoms with Crippen LogP contribution in [0.1, 0.15) is 39.8 Å². The summed E-state index contributed by atoms with van der Waals surface area (Å²) in [6.45, 7) is 4.18. The third-order valence-corrected chi connectivity index (χ3v) is 6.02. The molecule has 1 aliphatic heterocycles. The number of likely N-dealkylation sites (tertiary alicyclic amines) is 1. The molecule has 0 bridgehead atoms. The molecule has 7 nitrogen and oxygen atoms in total. The SMILES string of the molecule is Cc1ccc(F)c2[nH]c(C(=O)NC[C@H]3CC(=O)N(C)[C@@H]3c3cnn(C)c3C)cc12. The molecule has 2 atom stereocenters. The van der Waals surface area contributed by atoms with Gasteiger partial charge in [-0.1, -0.05) is 6.07 Å². The molecule has 1 aliphatic rings. The van der Waals surface area contributed by atoms with E-state index in [9.17, 15) is 14.0 Å². The number of hydrogen-bond acceptors (Lipinski definition) is 3. The van der Waals surface area contributed by atoms with Crippen molar-refractivity contribution in [2.24, 2.45) is 13.0 Å². The lowest BCUT2D eigenvalue weighted by Crippen LogP contribution is -2.33. The summed E-state index contributed by atoms with van der Waals surface area (Å²) in [6.07, 6.45) is 2.14. The van der Waals surface area contributed by atoms with Gasteiger partial charge in [0.15, 0.2) is 0 Å². The van der Waals surface area contributed by atoms with Gasteiger partial charge in [0.2, 0.25) is 5.91 Å². The quantitative estimate of drug-likeness (QED) is 0.710. The number of aromatic amines is 1. The maximum atomic E-state index is 14.0. The highest BCUT2D eigenvalue weighted by Gasteiger charge is 2.40. The minimum absolute atomic E-state index is 0.0424. The lowest BCUT2D eigenvalue weighted by atomic mass is 9.94. The predicted molar refractivity (Wildman–Crippen MR) is 107 cm³/mol. The second kappa shape index (κ2) is 7.02. The van der Waals surface area contributed by atoms with Gasteiger partial charge in [-0.15, -0.1) is 0 Å². The molecule has 8 heteroatoms. The maximum absolute atomic E-state index is 14.0. The first-order chi connectivity index (χ1) is 13.8. The first-order valence-corrected chi connectivity index (χ1v) is 9.58. The molecule has 3 heterocycles. The fourth-order valence-corrected chi connectivity index (χ4v) is 4.17. The Morgan fingerprint density at radius 3 is 2.76 bits per heavy atom. The molecular formula is C21H24FN5O2. The van der Waals surface area contributed by atoms with Gasteiger partial charge in [0, 0.05) is 49.6 Å². The topological polar surface area (TPSA) is 83.0 Å². The van der Waals surface area contributed by atoms with E-state index in [0.29, 0.717) is 29.6 Å². The van der Waals surface area contributed by atoms with Crippen molar-refractivity contribution < 1.29 is 14.0 Å². The summed E-state index contributed by atoms with van der Waals surface area (Å²) in [5.74, 6) is -0.730. The summed E-state index contributed by atoms with van der Waals surface area (Å²) in [7, 11) is 3.65. The van der Waals surface area contributed by atoms with E-state index in [4.69, 9.17) is 0 Å². The van der Waals surface area contributed by atoms with Crippen molar-refractivity contribution in [2.45, 2.75) is 26.3 Å². The van der Waals surface area contributed by atoms with Crippen molar-refractivity contribution in [1.82, 2.24) is 25.0 Å². The zero-order valence-corrected chi connectivity index (χ0v) is 16.9. The minimum atomic E-state index is -0.389. The summed E-state index contributed by atoms with van der Waals surface area (Å²) in [5, 5.41) is 7.89. The molecule has 4 rings (SSSR count). The molecule has 0 saturated carbocycles. The highest BCUT2D eigenvalue weighted by atomic mass is 19.1. The molecule has 3 aromatic rings. The smallest absolute Gasteiger partial charge is 0.267 e. The fraction of sp³-hybridized carbons (Fsp3) is 0.381. The van der Waals surface area contributed by atoms with Crippen molar-refractivity contribution in [3.05, 3.63) is 52.7 Å². The average molecular weight is 397 g/mol. The highest BCUT2D eigenvalue weighted by molar-refractivity contribution is 5.99. The lowest BCUT2D eigenvalue weighted by Gasteiger charge is -2.25. The number of rotatable bonds is 4. The van der Waals surface area contributed by atoms with Crippen LogP contribution in [0.4, 0.5) is 4.39 Å². The molecule has 1 fully saturated rings. The number of fused-ring (bicyclic) bond motifs is 1. The van der Waals surface area contributed by atoms with Crippen LogP contribution < -0.4 is 5.32 Å². The zero-order valence-electron chi connectivity index (χ0n) is 16.9. The van der Waals surface area contributed by atoms with Gasteiger partial charge in [-0.25, -0.2) is 4.39 Å². The van der Waals surface area contributed by atoms with Crippen LogP contribution in [-0.4, -0.2) is 45.1 Å². The molecule has 2 amide bonds. The number of carbonyl (C=O) groups is 2. The Morgan fingerprint density at radius 1 is 1.34 bits per heavy atom. The van der Waals surface area contributed by atoms with Crippen molar-refractivity contribution in [1.29, 1.82) is 0 Å². The van der Waals surface area contributed by atoms with Gasteiger partial charge in [-0.05, 0) is 31.5 Å². The minimum Gasteiger partial charge on any atom is -0.350 e. The lowest BCUT2D eigenvalue weighted by molar-refractivity contribution is -0.127. The Balaban J connectivity index is 1.54. The standard InChI is InChI=1S/C21H24FN5O2/c1-11-5-6-16(22)19-14(11)8-17(25-19)21(29)23-9-13-7-18(28)26(3)20(13)15-10-24-27(4)12(15)2/h5-6,8,10,13,20,25H,7,9H2,1-4H3,(H,23,29)/t13-,20+/m1/s1. The van der Waals surface area contributed by atoms with Gasteiger partial charge < -0.3 is 15.2 Å². The van der Waals surface area contributed by atoms with Crippen molar-refractivity contribution >= 4 is 22.7 Å². The zero-order chi connectivity index (χ0) is 20.9. The average Bonchev–Trinajstić information content (AvgIpc) is 3.36. The Hall–Kier alpha value is -3.16. The van der Waals surface area contributed by atoms with E-state index in [-0.39, 0.29) is 29.6 Å². The second-order valence-corrected chi connectivity index (χ2v) is 7.77. The Morgan fingerprint density at radius 2 is 2.10 bits per heavy atom. The molecule has 152 valence electrons. The number of amides is 2. The van der Waals surface area contributed by atoms with E-state index in [2.05, 4.69) is 15.4 Å². The van der Waals surface area contributed by atoms with Crippen LogP contribution in [0.25, 0.3) is 10.9 Å². The van der Waals surface area contributed by atoms with Crippen LogP contribution in [0, 0.1) is 25.6 Å². The van der Waals surface area contributed by atoms with E-state index in [0.717, 1.165) is 16.8 Å². The molecule has 2 N–H and O–H groups in total. The van der Waals surface area contributed by atoms with E-state index in [1.54, 1.807) is 35.0 Å². The van der Waals surface area contributed by atoms with Crippen LogP contribution in [-0.2, 0) is 11.8 Å². The summed E-state index contributed by atoms with van der Waals surface area (Å²) in [5.41, 5.74) is 3.51. The Labute approximate surface area is 167 Å². The third-order valence-electron chi connectivity index (χ3n) is 6.02. The normalized spacial score (nSPS) is 19.3. The van der Waals surface area contributed by atoms with E-state index in [1.165, 1.54) is 6.07 Å². The van der Waals surface area contributed by atoms with Gasteiger partial charge >= 0.3 is 0 Å². The van der Waals surface area contributed by atoms with Crippen LogP contribution in [0.15, 0.2) is 24.4 Å². The first kappa shape index (κ1) is 19.2.